The van der Waals surface area contributed by atoms with Gasteiger partial charge in [0.1, 0.15) is 5.82 Å². The molecule has 0 aliphatic rings. The lowest BCUT2D eigenvalue weighted by atomic mass is 10.1. The Morgan fingerprint density at radius 1 is 1.05 bits per heavy atom. The predicted octanol–water partition coefficient (Wildman–Crippen LogP) is 5.10. The van der Waals surface area contributed by atoms with Crippen molar-refractivity contribution in [1.82, 2.24) is 9.38 Å². The maximum absolute atomic E-state index is 13.6. The van der Waals surface area contributed by atoms with Crippen LogP contribution in [-0.2, 0) is 0 Å². The number of halogens is 4. The molecule has 0 unspecified atom stereocenters. The minimum absolute atomic E-state index is 0.0133. The number of nitrogens with zero attached hydrogens (tertiary/aromatic N) is 2. The minimum Gasteiger partial charge on any atom is -0.298 e. The molecule has 0 spiro atoms. The Hall–Kier alpha value is -1.29. The van der Waals surface area contributed by atoms with E-state index < -0.39 is 5.82 Å². The van der Waals surface area contributed by atoms with Gasteiger partial charge >= 0.3 is 0 Å². The van der Waals surface area contributed by atoms with E-state index in [1.165, 1.54) is 12.1 Å². The highest BCUT2D eigenvalue weighted by Crippen LogP contribution is 2.33. The minimum atomic E-state index is -0.530. The first-order valence-corrected chi connectivity index (χ1v) is 6.48. The van der Waals surface area contributed by atoms with Gasteiger partial charge in [0.25, 0.3) is 0 Å². The standard InChI is InChI=1S/C13H6Cl3FN2/c14-8-2-1-3-19-12(6-18-13(8)19)7-4-11(17)10(16)5-9(7)15/h1-6H. The number of pyridine rings is 1. The number of imidazole rings is 1. The summed E-state index contributed by atoms with van der Waals surface area (Å²) < 4.78 is 15.3. The molecule has 0 N–H and O–H groups in total. The number of aromatic nitrogens is 2. The van der Waals surface area contributed by atoms with Crippen LogP contribution in [0.15, 0.2) is 36.7 Å². The second-order valence-electron chi connectivity index (χ2n) is 3.94. The van der Waals surface area contributed by atoms with Gasteiger partial charge in [-0.3, -0.25) is 4.40 Å². The molecule has 0 bridgehead atoms. The van der Waals surface area contributed by atoms with Gasteiger partial charge in [0, 0.05) is 11.8 Å². The Morgan fingerprint density at radius 2 is 1.84 bits per heavy atom. The molecule has 0 radical (unpaired) electrons. The van der Waals surface area contributed by atoms with Crippen molar-refractivity contribution in [3.63, 3.8) is 0 Å². The SMILES string of the molecule is Fc1cc(-c2cnc3c(Cl)cccn23)c(Cl)cc1Cl. The molecule has 1 aromatic carbocycles. The first kappa shape index (κ1) is 12.7. The number of benzene rings is 1. The van der Waals surface area contributed by atoms with Gasteiger partial charge in [-0.25, -0.2) is 9.37 Å². The van der Waals surface area contributed by atoms with Gasteiger partial charge in [0.15, 0.2) is 5.65 Å². The van der Waals surface area contributed by atoms with Crippen LogP contribution in [0.25, 0.3) is 16.9 Å². The molecule has 96 valence electrons. The molecule has 0 aliphatic heterocycles. The van der Waals surface area contributed by atoms with E-state index in [1.807, 2.05) is 0 Å². The maximum Gasteiger partial charge on any atom is 0.156 e. The fraction of sp³-hybridized carbons (Fsp3) is 0. The first-order chi connectivity index (χ1) is 9.08. The third-order valence-electron chi connectivity index (χ3n) is 2.77. The average molecular weight is 316 g/mol. The summed E-state index contributed by atoms with van der Waals surface area (Å²) in [6.45, 7) is 0. The highest BCUT2D eigenvalue weighted by molar-refractivity contribution is 6.36. The number of rotatable bonds is 1. The first-order valence-electron chi connectivity index (χ1n) is 5.34. The smallest absolute Gasteiger partial charge is 0.156 e. The van der Waals surface area contributed by atoms with Crippen molar-refractivity contribution < 1.29 is 4.39 Å². The fourth-order valence-electron chi connectivity index (χ4n) is 1.89. The summed E-state index contributed by atoms with van der Waals surface area (Å²) in [7, 11) is 0. The molecule has 6 heteroatoms. The van der Waals surface area contributed by atoms with Crippen LogP contribution >= 0.6 is 34.8 Å². The van der Waals surface area contributed by atoms with Gasteiger partial charge in [0.2, 0.25) is 0 Å². The van der Waals surface area contributed by atoms with E-state index in [9.17, 15) is 4.39 Å². The fourth-order valence-corrected chi connectivity index (χ4v) is 2.59. The van der Waals surface area contributed by atoms with Gasteiger partial charge < -0.3 is 0 Å². The van der Waals surface area contributed by atoms with Crippen molar-refractivity contribution in [3.05, 3.63) is 57.5 Å². The summed E-state index contributed by atoms with van der Waals surface area (Å²) in [5, 5.41) is 0.855. The zero-order valence-corrected chi connectivity index (χ0v) is 11.6. The van der Waals surface area contributed by atoms with E-state index in [1.54, 1.807) is 28.9 Å². The third kappa shape index (κ3) is 2.08. The number of hydrogen-bond acceptors (Lipinski definition) is 1. The van der Waals surface area contributed by atoms with Crippen LogP contribution in [0.5, 0.6) is 0 Å². The van der Waals surface area contributed by atoms with Crippen molar-refractivity contribution in [1.29, 1.82) is 0 Å². The molecule has 2 heterocycles. The lowest BCUT2D eigenvalue weighted by Gasteiger charge is -2.06. The van der Waals surface area contributed by atoms with E-state index in [-0.39, 0.29) is 5.02 Å². The summed E-state index contributed by atoms with van der Waals surface area (Å²) in [6, 6.07) is 6.17. The van der Waals surface area contributed by atoms with Crippen LogP contribution in [0.3, 0.4) is 0 Å². The van der Waals surface area contributed by atoms with Crippen LogP contribution in [0.2, 0.25) is 15.1 Å². The quantitative estimate of drug-likeness (QED) is 0.571. The van der Waals surface area contributed by atoms with E-state index in [0.29, 0.717) is 26.9 Å². The summed E-state index contributed by atoms with van der Waals surface area (Å²) in [6.07, 6.45) is 3.38. The second kappa shape index (κ2) is 4.67. The van der Waals surface area contributed by atoms with Crippen LogP contribution < -0.4 is 0 Å². The number of fused-ring (bicyclic) bond motifs is 1. The molecule has 0 atom stereocenters. The molecule has 0 amide bonds. The molecular formula is C13H6Cl3FN2. The molecular weight excluding hydrogens is 310 g/mol. The molecule has 0 fully saturated rings. The summed E-state index contributed by atoms with van der Waals surface area (Å²) in [5.74, 6) is -0.530. The van der Waals surface area contributed by atoms with Crippen molar-refractivity contribution in [2.24, 2.45) is 0 Å². The van der Waals surface area contributed by atoms with E-state index in [0.717, 1.165) is 0 Å². The van der Waals surface area contributed by atoms with Crippen LogP contribution in [-0.4, -0.2) is 9.38 Å². The largest absolute Gasteiger partial charge is 0.298 e. The van der Waals surface area contributed by atoms with Gasteiger partial charge in [-0.05, 0) is 24.3 Å². The van der Waals surface area contributed by atoms with Crippen molar-refractivity contribution in [2.45, 2.75) is 0 Å². The summed E-state index contributed by atoms with van der Waals surface area (Å²) in [4.78, 5) is 4.20. The average Bonchev–Trinajstić information content (AvgIpc) is 2.79. The van der Waals surface area contributed by atoms with E-state index in [2.05, 4.69) is 4.98 Å². The highest BCUT2D eigenvalue weighted by atomic mass is 35.5. The summed E-state index contributed by atoms with van der Waals surface area (Å²) >= 11 is 17.8. The second-order valence-corrected chi connectivity index (χ2v) is 5.16. The zero-order chi connectivity index (χ0) is 13.6. The molecule has 3 rings (SSSR count). The molecule has 0 saturated heterocycles. The van der Waals surface area contributed by atoms with Gasteiger partial charge in [-0.1, -0.05) is 34.8 Å². The topological polar surface area (TPSA) is 17.3 Å². The van der Waals surface area contributed by atoms with Crippen LogP contribution in [0.4, 0.5) is 4.39 Å². The monoisotopic (exact) mass is 314 g/mol. The van der Waals surface area contributed by atoms with Crippen LogP contribution in [0, 0.1) is 5.82 Å². The Balaban J connectivity index is 2.31. The zero-order valence-electron chi connectivity index (χ0n) is 9.37. The normalized spacial score (nSPS) is 11.2. The summed E-state index contributed by atoms with van der Waals surface area (Å²) in [5.41, 5.74) is 1.75. The van der Waals surface area contributed by atoms with E-state index >= 15 is 0 Å². The molecule has 2 aromatic heterocycles. The predicted molar refractivity (Wildman–Crippen MR) is 75.6 cm³/mol. The van der Waals surface area contributed by atoms with Crippen molar-refractivity contribution in [2.75, 3.05) is 0 Å². The van der Waals surface area contributed by atoms with Crippen molar-refractivity contribution in [3.8, 4) is 11.3 Å². The van der Waals surface area contributed by atoms with Gasteiger partial charge in [0.05, 0.1) is 27.0 Å². The lowest BCUT2D eigenvalue weighted by molar-refractivity contribution is 0.628. The Bertz CT molecular complexity index is 783. The Kier molecular flexibility index (Phi) is 3.13. The van der Waals surface area contributed by atoms with E-state index in [4.69, 9.17) is 34.8 Å². The van der Waals surface area contributed by atoms with Crippen molar-refractivity contribution >= 4 is 40.4 Å². The van der Waals surface area contributed by atoms with Crippen LogP contribution in [0.1, 0.15) is 0 Å². The Morgan fingerprint density at radius 3 is 2.63 bits per heavy atom. The lowest BCUT2D eigenvalue weighted by Crippen LogP contribution is -1.90. The molecule has 0 saturated carbocycles. The maximum atomic E-state index is 13.6. The highest BCUT2D eigenvalue weighted by Gasteiger charge is 2.14. The number of hydrogen-bond donors (Lipinski definition) is 0. The van der Waals surface area contributed by atoms with Gasteiger partial charge in [-0.2, -0.15) is 0 Å². The Labute approximate surface area is 123 Å². The molecule has 19 heavy (non-hydrogen) atoms. The molecule has 3 aromatic rings. The molecule has 2 nitrogen and oxygen atoms in total. The van der Waals surface area contributed by atoms with Gasteiger partial charge in [-0.15, -0.1) is 0 Å². The third-order valence-corrected chi connectivity index (χ3v) is 3.67. The molecule has 0 aliphatic carbocycles.